The SMILES string of the molecule is CCNC(=NCC(C)N1CCOCC1)NCCNC(=O)c1cccc(C)c1. The molecule has 1 fully saturated rings. The number of benzene rings is 1. The second-order valence-electron chi connectivity index (χ2n) is 6.77. The Labute approximate surface area is 162 Å². The summed E-state index contributed by atoms with van der Waals surface area (Å²) in [7, 11) is 0. The molecule has 27 heavy (non-hydrogen) atoms. The highest BCUT2D eigenvalue weighted by Crippen LogP contribution is 2.04. The van der Waals surface area contributed by atoms with E-state index in [1.165, 1.54) is 0 Å². The van der Waals surface area contributed by atoms with Gasteiger partial charge in [0.2, 0.25) is 0 Å². The fourth-order valence-corrected chi connectivity index (χ4v) is 2.94. The predicted molar refractivity (Wildman–Crippen MR) is 109 cm³/mol. The van der Waals surface area contributed by atoms with Crippen LogP contribution in [0.4, 0.5) is 0 Å². The third-order valence-electron chi connectivity index (χ3n) is 4.51. The van der Waals surface area contributed by atoms with Crippen LogP contribution in [0.3, 0.4) is 0 Å². The summed E-state index contributed by atoms with van der Waals surface area (Å²) in [6.45, 7) is 12.4. The number of ether oxygens (including phenoxy) is 1. The quantitative estimate of drug-likeness (QED) is 0.359. The normalized spacial score (nSPS) is 16.6. The van der Waals surface area contributed by atoms with Gasteiger partial charge in [-0.3, -0.25) is 14.7 Å². The Morgan fingerprint density at radius 2 is 1.96 bits per heavy atom. The minimum atomic E-state index is -0.0524. The van der Waals surface area contributed by atoms with E-state index in [1.54, 1.807) is 0 Å². The molecule has 1 aromatic rings. The van der Waals surface area contributed by atoms with Crippen LogP contribution in [0.1, 0.15) is 29.8 Å². The molecule has 1 unspecified atom stereocenters. The van der Waals surface area contributed by atoms with Gasteiger partial charge in [0.05, 0.1) is 19.8 Å². The molecule has 1 aliphatic rings. The lowest BCUT2D eigenvalue weighted by Crippen LogP contribution is -2.45. The monoisotopic (exact) mass is 375 g/mol. The maximum Gasteiger partial charge on any atom is 0.251 e. The maximum absolute atomic E-state index is 12.2. The van der Waals surface area contributed by atoms with Gasteiger partial charge in [-0.25, -0.2) is 0 Å². The molecule has 150 valence electrons. The van der Waals surface area contributed by atoms with Gasteiger partial charge in [0.25, 0.3) is 5.91 Å². The molecule has 7 nitrogen and oxygen atoms in total. The van der Waals surface area contributed by atoms with Crippen molar-refractivity contribution in [2.45, 2.75) is 26.8 Å². The molecule has 7 heteroatoms. The van der Waals surface area contributed by atoms with Crippen LogP contribution in [-0.2, 0) is 4.74 Å². The Morgan fingerprint density at radius 1 is 1.22 bits per heavy atom. The minimum Gasteiger partial charge on any atom is -0.379 e. The molecule has 1 saturated heterocycles. The summed E-state index contributed by atoms with van der Waals surface area (Å²) in [4.78, 5) is 19.2. The number of carbonyl (C=O) groups excluding carboxylic acids is 1. The van der Waals surface area contributed by atoms with E-state index in [-0.39, 0.29) is 5.91 Å². The summed E-state index contributed by atoms with van der Waals surface area (Å²) < 4.78 is 5.40. The van der Waals surface area contributed by atoms with Crippen LogP contribution in [0, 0.1) is 6.92 Å². The highest BCUT2D eigenvalue weighted by molar-refractivity contribution is 5.94. The zero-order valence-electron chi connectivity index (χ0n) is 16.8. The second-order valence-corrected chi connectivity index (χ2v) is 6.77. The van der Waals surface area contributed by atoms with Crippen LogP contribution in [-0.4, -0.2) is 75.3 Å². The number of morpholine rings is 1. The topological polar surface area (TPSA) is 78.0 Å². The highest BCUT2D eigenvalue weighted by Gasteiger charge is 2.16. The van der Waals surface area contributed by atoms with Crippen molar-refractivity contribution in [3.63, 3.8) is 0 Å². The van der Waals surface area contributed by atoms with Gasteiger partial charge in [-0.1, -0.05) is 17.7 Å². The molecule has 0 spiro atoms. The molecule has 2 rings (SSSR count). The molecule has 1 atom stereocenters. The van der Waals surface area contributed by atoms with E-state index < -0.39 is 0 Å². The van der Waals surface area contributed by atoms with Crippen LogP contribution in [0.5, 0.6) is 0 Å². The van der Waals surface area contributed by atoms with Crippen LogP contribution in [0.2, 0.25) is 0 Å². The van der Waals surface area contributed by atoms with E-state index >= 15 is 0 Å². The minimum absolute atomic E-state index is 0.0524. The largest absolute Gasteiger partial charge is 0.379 e. The zero-order valence-corrected chi connectivity index (χ0v) is 16.8. The summed E-state index contributed by atoms with van der Waals surface area (Å²) >= 11 is 0. The molecule has 1 aliphatic heterocycles. The number of aryl methyl sites for hydroxylation is 1. The third-order valence-corrected chi connectivity index (χ3v) is 4.51. The summed E-state index contributed by atoms with van der Waals surface area (Å²) in [5.41, 5.74) is 1.77. The number of hydrogen-bond acceptors (Lipinski definition) is 4. The summed E-state index contributed by atoms with van der Waals surface area (Å²) in [5, 5.41) is 9.46. The van der Waals surface area contributed by atoms with Crippen LogP contribution in [0.15, 0.2) is 29.3 Å². The molecule has 0 saturated carbocycles. The van der Waals surface area contributed by atoms with Crippen LogP contribution >= 0.6 is 0 Å². The van der Waals surface area contributed by atoms with Crippen molar-refractivity contribution in [3.8, 4) is 0 Å². The molecular formula is C20H33N5O2. The molecule has 1 amide bonds. The van der Waals surface area contributed by atoms with Crippen LogP contribution < -0.4 is 16.0 Å². The second kappa shape index (κ2) is 11.6. The number of nitrogens with zero attached hydrogens (tertiary/aromatic N) is 2. The number of hydrogen-bond donors (Lipinski definition) is 3. The molecule has 0 radical (unpaired) electrons. The fourth-order valence-electron chi connectivity index (χ4n) is 2.94. The fraction of sp³-hybridized carbons (Fsp3) is 0.600. The lowest BCUT2D eigenvalue weighted by atomic mass is 10.1. The zero-order chi connectivity index (χ0) is 19.5. The number of amides is 1. The molecule has 3 N–H and O–H groups in total. The van der Waals surface area contributed by atoms with E-state index in [9.17, 15) is 4.79 Å². The smallest absolute Gasteiger partial charge is 0.251 e. The maximum atomic E-state index is 12.2. The summed E-state index contributed by atoms with van der Waals surface area (Å²) in [6.07, 6.45) is 0. The Morgan fingerprint density at radius 3 is 2.67 bits per heavy atom. The van der Waals surface area contributed by atoms with Crippen molar-refractivity contribution in [1.82, 2.24) is 20.9 Å². The van der Waals surface area contributed by atoms with Gasteiger partial charge in [-0.2, -0.15) is 0 Å². The Balaban J connectivity index is 1.73. The van der Waals surface area contributed by atoms with Gasteiger partial charge in [0.1, 0.15) is 0 Å². The third kappa shape index (κ3) is 7.56. The van der Waals surface area contributed by atoms with Crippen molar-refractivity contribution in [2.75, 3.05) is 52.5 Å². The molecule has 1 aromatic carbocycles. The van der Waals surface area contributed by atoms with Gasteiger partial charge in [-0.05, 0) is 32.9 Å². The van der Waals surface area contributed by atoms with E-state index in [0.29, 0.717) is 24.7 Å². The van der Waals surface area contributed by atoms with Gasteiger partial charge in [0.15, 0.2) is 5.96 Å². The van der Waals surface area contributed by atoms with Crippen LogP contribution in [0.25, 0.3) is 0 Å². The lowest BCUT2D eigenvalue weighted by molar-refractivity contribution is 0.0220. The highest BCUT2D eigenvalue weighted by atomic mass is 16.5. The number of carbonyl (C=O) groups is 1. The van der Waals surface area contributed by atoms with Crippen molar-refractivity contribution in [3.05, 3.63) is 35.4 Å². The first-order valence-electron chi connectivity index (χ1n) is 9.79. The molecule has 1 heterocycles. The number of rotatable bonds is 8. The lowest BCUT2D eigenvalue weighted by Gasteiger charge is -2.31. The van der Waals surface area contributed by atoms with E-state index in [1.807, 2.05) is 38.1 Å². The Bertz CT molecular complexity index is 614. The van der Waals surface area contributed by atoms with E-state index in [4.69, 9.17) is 4.74 Å². The standard InChI is InChI=1S/C20H33N5O2/c1-4-21-20(24-15-17(3)25-10-12-27-13-11-25)23-9-8-22-19(26)18-7-5-6-16(2)14-18/h5-7,14,17H,4,8-13,15H2,1-3H3,(H,22,26)(H2,21,23,24). The first-order chi connectivity index (χ1) is 13.1. The molecular weight excluding hydrogens is 342 g/mol. The van der Waals surface area contributed by atoms with Crippen molar-refractivity contribution in [1.29, 1.82) is 0 Å². The van der Waals surface area contributed by atoms with Gasteiger partial charge in [-0.15, -0.1) is 0 Å². The van der Waals surface area contributed by atoms with Gasteiger partial charge in [0, 0.05) is 44.3 Å². The average molecular weight is 376 g/mol. The number of nitrogens with one attached hydrogen (secondary N) is 3. The van der Waals surface area contributed by atoms with Crippen molar-refractivity contribution < 1.29 is 9.53 Å². The van der Waals surface area contributed by atoms with Crippen molar-refractivity contribution >= 4 is 11.9 Å². The Hall–Kier alpha value is -2.12. The molecule has 0 bridgehead atoms. The van der Waals surface area contributed by atoms with Gasteiger partial charge < -0.3 is 20.7 Å². The average Bonchev–Trinajstić information content (AvgIpc) is 2.69. The summed E-state index contributed by atoms with van der Waals surface area (Å²) in [5.74, 6) is 0.728. The number of guanidine groups is 1. The first-order valence-corrected chi connectivity index (χ1v) is 9.79. The van der Waals surface area contributed by atoms with Gasteiger partial charge >= 0.3 is 0 Å². The number of aliphatic imine (C=N–C) groups is 1. The van der Waals surface area contributed by atoms with Crippen molar-refractivity contribution in [2.24, 2.45) is 4.99 Å². The molecule has 0 aromatic heterocycles. The first kappa shape index (κ1) is 21.2. The summed E-state index contributed by atoms with van der Waals surface area (Å²) in [6, 6.07) is 7.98. The van der Waals surface area contributed by atoms with E-state index in [2.05, 4.69) is 32.8 Å². The predicted octanol–water partition coefficient (Wildman–Crippen LogP) is 1.00. The molecule has 0 aliphatic carbocycles. The van der Waals surface area contributed by atoms with E-state index in [0.717, 1.165) is 50.9 Å². The Kier molecular flexibility index (Phi) is 9.07.